The molecule has 0 aliphatic rings. The number of carbonyl (C=O) groups is 1. The van der Waals surface area contributed by atoms with Crippen LogP contribution in [0.2, 0.25) is 0 Å². The Labute approximate surface area is 133 Å². The van der Waals surface area contributed by atoms with E-state index in [4.69, 9.17) is 0 Å². The number of carbonyl (C=O) groups excluding carboxylic acids is 1. The molecule has 0 fully saturated rings. The first kappa shape index (κ1) is 21.9. The number of likely N-dealkylation sites (N-methyl/N-ethyl adjacent to an activating group) is 1. The van der Waals surface area contributed by atoms with Gasteiger partial charge in [-0.25, -0.2) is 0 Å². The Morgan fingerprint density at radius 2 is 1.14 bits per heavy atom. The molecule has 4 heteroatoms. The highest BCUT2D eigenvalue weighted by molar-refractivity contribution is 5.86. The molecule has 2 aromatic rings. The van der Waals surface area contributed by atoms with E-state index in [9.17, 15) is 4.79 Å². The van der Waals surface area contributed by atoms with Crippen molar-refractivity contribution in [3.63, 3.8) is 0 Å². The number of benzene rings is 2. The molecule has 0 atom stereocenters. The zero-order chi connectivity index (χ0) is 15.0. The van der Waals surface area contributed by atoms with Crippen LogP contribution >= 0.6 is 0 Å². The fourth-order valence-electron chi connectivity index (χ4n) is 2.03. The van der Waals surface area contributed by atoms with Gasteiger partial charge >= 0.3 is 0 Å². The van der Waals surface area contributed by atoms with Crippen LogP contribution < -0.4 is 12.3 Å². The predicted molar refractivity (Wildman–Crippen MR) is 94.7 cm³/mol. The maximum Gasteiger partial charge on any atom is 0.234 e. The third kappa shape index (κ3) is 5.52. The summed E-state index contributed by atoms with van der Waals surface area (Å²) in [5, 5.41) is 0. The van der Waals surface area contributed by atoms with Crippen LogP contribution in [0.3, 0.4) is 0 Å². The third-order valence-corrected chi connectivity index (χ3v) is 2.95. The van der Waals surface area contributed by atoms with Gasteiger partial charge in [-0.2, -0.15) is 0 Å². The van der Waals surface area contributed by atoms with E-state index in [2.05, 4.69) is 13.2 Å². The average Bonchev–Trinajstić information content (AvgIpc) is 2.51. The molecular formula is C18H27N3O. The van der Waals surface area contributed by atoms with E-state index in [1.54, 1.807) is 19.0 Å². The maximum absolute atomic E-state index is 12.4. The second-order valence-electron chi connectivity index (χ2n) is 4.49. The van der Waals surface area contributed by atoms with E-state index in [1.165, 1.54) is 0 Å². The van der Waals surface area contributed by atoms with E-state index in [-0.39, 0.29) is 24.1 Å². The highest BCUT2D eigenvalue weighted by atomic mass is 16.2. The highest BCUT2D eigenvalue weighted by Crippen LogP contribution is 2.25. The van der Waals surface area contributed by atoms with Gasteiger partial charge in [0.1, 0.15) is 0 Å². The van der Waals surface area contributed by atoms with E-state index in [0.717, 1.165) is 11.1 Å². The second-order valence-corrected chi connectivity index (χ2v) is 4.49. The first-order valence-electron chi connectivity index (χ1n) is 6.51. The Balaban J connectivity index is 0. The molecule has 0 aliphatic carbocycles. The van der Waals surface area contributed by atoms with E-state index in [1.807, 2.05) is 60.7 Å². The number of nitrogens with zero attached hydrogens (tertiary/aromatic N) is 1. The smallest absolute Gasteiger partial charge is 0.234 e. The van der Waals surface area contributed by atoms with E-state index in [0.29, 0.717) is 0 Å². The molecule has 22 heavy (non-hydrogen) atoms. The molecule has 4 nitrogen and oxygen atoms in total. The van der Waals surface area contributed by atoms with Crippen molar-refractivity contribution in [1.29, 1.82) is 0 Å². The molecule has 1 amide bonds. The van der Waals surface area contributed by atoms with Gasteiger partial charge in [0.15, 0.2) is 0 Å². The third-order valence-electron chi connectivity index (χ3n) is 2.95. The molecule has 0 radical (unpaired) electrons. The molecule has 0 saturated carbocycles. The molecule has 0 bridgehead atoms. The van der Waals surface area contributed by atoms with Crippen LogP contribution in [0.1, 0.15) is 17.0 Å². The van der Waals surface area contributed by atoms with Crippen LogP contribution in [-0.2, 0) is 4.79 Å². The van der Waals surface area contributed by atoms with E-state index < -0.39 is 0 Å². The molecule has 0 saturated heterocycles. The lowest BCUT2D eigenvalue weighted by Crippen LogP contribution is -2.28. The van der Waals surface area contributed by atoms with E-state index >= 15 is 0 Å². The Kier molecular flexibility index (Phi) is 11.2. The number of hydrogen-bond donors (Lipinski definition) is 2. The Bertz CT molecular complexity index is 487. The zero-order valence-corrected chi connectivity index (χ0v) is 13.5. The summed E-state index contributed by atoms with van der Waals surface area (Å²) >= 11 is 0. The molecule has 0 aromatic heterocycles. The molecule has 2 rings (SSSR count). The normalized spacial score (nSPS) is 8.68. The van der Waals surface area contributed by atoms with Crippen molar-refractivity contribution >= 4 is 5.91 Å². The van der Waals surface area contributed by atoms with Crippen LogP contribution in [0.4, 0.5) is 0 Å². The van der Waals surface area contributed by atoms with Gasteiger partial charge in [0, 0.05) is 14.1 Å². The van der Waals surface area contributed by atoms with Crippen molar-refractivity contribution in [2.45, 2.75) is 5.92 Å². The minimum Gasteiger partial charge on any atom is -0.348 e. The molecule has 2 aromatic carbocycles. The average molecular weight is 301 g/mol. The van der Waals surface area contributed by atoms with Crippen molar-refractivity contribution in [3.05, 3.63) is 84.9 Å². The molecular weight excluding hydrogens is 274 g/mol. The minimum atomic E-state index is -0.220. The van der Waals surface area contributed by atoms with Crippen LogP contribution in [0, 0.1) is 0 Å². The fourth-order valence-corrected chi connectivity index (χ4v) is 2.03. The summed E-state index contributed by atoms with van der Waals surface area (Å²) in [6, 6.07) is 19.8. The summed E-state index contributed by atoms with van der Waals surface area (Å²) in [6.07, 6.45) is 0. The Hall–Kier alpha value is -2.43. The predicted octanol–water partition coefficient (Wildman–Crippen LogP) is 4.03. The van der Waals surface area contributed by atoms with Gasteiger partial charge in [0.25, 0.3) is 0 Å². The second kappa shape index (κ2) is 11.3. The molecule has 0 spiro atoms. The monoisotopic (exact) mass is 301 g/mol. The first-order chi connectivity index (χ1) is 9.70. The van der Waals surface area contributed by atoms with Crippen molar-refractivity contribution in [1.82, 2.24) is 17.2 Å². The number of hydrogen-bond acceptors (Lipinski definition) is 3. The summed E-state index contributed by atoms with van der Waals surface area (Å²) < 4.78 is 0. The van der Waals surface area contributed by atoms with Gasteiger partial charge in [-0.1, -0.05) is 60.7 Å². The SMILES string of the molecule is C=C.CN(C)C(=O)C(c1ccccc1)c1ccccc1.N.N. The number of rotatable bonds is 3. The minimum absolute atomic E-state index is 0. The summed E-state index contributed by atoms with van der Waals surface area (Å²) in [4.78, 5) is 14.0. The lowest BCUT2D eigenvalue weighted by molar-refractivity contribution is -0.129. The topological polar surface area (TPSA) is 90.3 Å². The van der Waals surface area contributed by atoms with Gasteiger partial charge in [-0.15, -0.1) is 13.2 Å². The molecule has 120 valence electrons. The van der Waals surface area contributed by atoms with Gasteiger partial charge in [-0.05, 0) is 11.1 Å². The summed E-state index contributed by atoms with van der Waals surface area (Å²) in [7, 11) is 3.59. The lowest BCUT2D eigenvalue weighted by Gasteiger charge is -2.21. The van der Waals surface area contributed by atoms with Crippen molar-refractivity contribution in [2.24, 2.45) is 0 Å². The standard InChI is InChI=1S/C16H17NO.C2H4.2H3N/c1-17(2)16(18)15(13-9-5-3-6-10-13)14-11-7-4-8-12-14;1-2;;/h3-12,15H,1-2H3;1-2H2;2*1H3. The zero-order valence-electron chi connectivity index (χ0n) is 13.5. The fraction of sp³-hybridized carbons (Fsp3) is 0.167. The Morgan fingerprint density at radius 1 is 0.818 bits per heavy atom. The first-order valence-corrected chi connectivity index (χ1v) is 6.51. The van der Waals surface area contributed by atoms with Crippen LogP contribution in [0.15, 0.2) is 73.8 Å². The summed E-state index contributed by atoms with van der Waals surface area (Å²) in [5.74, 6) is -0.116. The maximum atomic E-state index is 12.4. The van der Waals surface area contributed by atoms with Gasteiger partial charge < -0.3 is 17.2 Å². The molecule has 0 heterocycles. The van der Waals surface area contributed by atoms with Crippen molar-refractivity contribution in [2.75, 3.05) is 14.1 Å². The summed E-state index contributed by atoms with van der Waals surface area (Å²) in [5.41, 5.74) is 2.06. The van der Waals surface area contributed by atoms with Gasteiger partial charge in [0.2, 0.25) is 5.91 Å². The van der Waals surface area contributed by atoms with Crippen molar-refractivity contribution in [3.8, 4) is 0 Å². The Morgan fingerprint density at radius 3 is 1.41 bits per heavy atom. The van der Waals surface area contributed by atoms with Gasteiger partial charge in [0.05, 0.1) is 5.92 Å². The van der Waals surface area contributed by atoms with Crippen LogP contribution in [0.25, 0.3) is 0 Å². The summed E-state index contributed by atoms with van der Waals surface area (Å²) in [6.45, 7) is 6.00. The molecule has 0 aliphatic heterocycles. The quantitative estimate of drug-likeness (QED) is 0.838. The highest BCUT2D eigenvalue weighted by Gasteiger charge is 2.23. The van der Waals surface area contributed by atoms with Crippen LogP contribution in [-0.4, -0.2) is 24.9 Å². The molecule has 0 unspecified atom stereocenters. The molecule has 6 N–H and O–H groups in total. The largest absolute Gasteiger partial charge is 0.348 e. The van der Waals surface area contributed by atoms with Gasteiger partial charge in [-0.3, -0.25) is 4.79 Å². The number of amides is 1. The van der Waals surface area contributed by atoms with Crippen LogP contribution in [0.5, 0.6) is 0 Å². The van der Waals surface area contributed by atoms with Crippen molar-refractivity contribution < 1.29 is 4.79 Å². The lowest BCUT2D eigenvalue weighted by atomic mass is 9.90.